The Morgan fingerprint density at radius 3 is 2.31 bits per heavy atom. The van der Waals surface area contributed by atoms with E-state index in [2.05, 4.69) is 5.32 Å². The van der Waals surface area contributed by atoms with Crippen molar-refractivity contribution in [1.82, 2.24) is 9.55 Å². The van der Waals surface area contributed by atoms with Gasteiger partial charge in [-0.3, -0.25) is 4.79 Å². The van der Waals surface area contributed by atoms with Crippen molar-refractivity contribution in [2.24, 2.45) is 0 Å². The number of anilines is 2. The number of nitrogens with one attached hydrogen (secondary N) is 1. The average molecular weight is 451 g/mol. The molecule has 0 radical (unpaired) electrons. The third kappa shape index (κ3) is 4.07. The maximum atomic E-state index is 14.1. The van der Waals surface area contributed by atoms with Crippen LogP contribution in [-0.2, 0) is 10.9 Å². The van der Waals surface area contributed by atoms with Gasteiger partial charge < -0.3 is 19.5 Å². The number of rotatable bonds is 4. The number of halogens is 3. The fraction of sp³-hybridized carbons (Fsp3) is 0.652. The molecule has 1 aliphatic heterocycles. The standard InChI is InChI=1S/C23H29F3N4O2/c24-23(25,26)17-13-19(29-9-11-32-12-10-29)28-22-21(17)18(31)14-20(27-15-5-1-2-6-15)30(22)16-7-3-4-8-16/h13-16,27H,1-12H2. The summed E-state index contributed by atoms with van der Waals surface area (Å²) in [5.74, 6) is 0.873. The Morgan fingerprint density at radius 2 is 1.66 bits per heavy atom. The molecule has 5 rings (SSSR count). The molecule has 1 N–H and O–H groups in total. The number of fused-ring (bicyclic) bond motifs is 1. The number of hydrogen-bond donors (Lipinski definition) is 1. The van der Waals surface area contributed by atoms with Gasteiger partial charge in [0.15, 0.2) is 5.43 Å². The average Bonchev–Trinajstić information content (AvgIpc) is 3.48. The molecule has 3 aliphatic rings. The summed E-state index contributed by atoms with van der Waals surface area (Å²) >= 11 is 0. The van der Waals surface area contributed by atoms with E-state index in [0.29, 0.717) is 32.1 Å². The number of nitrogens with zero attached hydrogens (tertiary/aromatic N) is 3. The fourth-order valence-electron chi connectivity index (χ4n) is 5.42. The Balaban J connectivity index is 1.74. The third-order valence-electron chi connectivity index (χ3n) is 7.03. The molecule has 0 amide bonds. The SMILES string of the molecule is O=c1cc(NC2CCCC2)n(C2CCCC2)c2nc(N3CCOCC3)cc(C(F)(F)F)c12. The van der Waals surface area contributed by atoms with E-state index in [9.17, 15) is 18.0 Å². The molecule has 0 spiro atoms. The molecule has 0 aromatic carbocycles. The number of hydrogen-bond acceptors (Lipinski definition) is 5. The molecular weight excluding hydrogens is 421 g/mol. The van der Waals surface area contributed by atoms with Crippen LogP contribution in [0.1, 0.15) is 63.0 Å². The molecule has 0 unspecified atom stereocenters. The summed E-state index contributed by atoms with van der Waals surface area (Å²) in [5, 5.41) is 3.16. The zero-order valence-electron chi connectivity index (χ0n) is 18.1. The minimum atomic E-state index is -4.64. The van der Waals surface area contributed by atoms with E-state index in [4.69, 9.17) is 9.72 Å². The van der Waals surface area contributed by atoms with E-state index in [1.807, 2.05) is 9.47 Å². The van der Waals surface area contributed by atoms with Crippen molar-refractivity contribution in [3.05, 3.63) is 27.9 Å². The van der Waals surface area contributed by atoms with Gasteiger partial charge in [0.25, 0.3) is 0 Å². The topological polar surface area (TPSA) is 59.4 Å². The van der Waals surface area contributed by atoms with Gasteiger partial charge in [0, 0.05) is 31.2 Å². The Hall–Kier alpha value is -2.29. The number of alkyl halides is 3. The highest BCUT2D eigenvalue weighted by Gasteiger charge is 2.37. The summed E-state index contributed by atoms with van der Waals surface area (Å²) in [4.78, 5) is 19.6. The van der Waals surface area contributed by atoms with E-state index in [0.717, 1.165) is 57.4 Å². The zero-order valence-corrected chi connectivity index (χ0v) is 18.1. The molecule has 32 heavy (non-hydrogen) atoms. The van der Waals surface area contributed by atoms with Gasteiger partial charge >= 0.3 is 6.18 Å². The first-order valence-corrected chi connectivity index (χ1v) is 11.7. The highest BCUT2D eigenvalue weighted by molar-refractivity contribution is 5.84. The van der Waals surface area contributed by atoms with Gasteiger partial charge in [-0.25, -0.2) is 4.98 Å². The van der Waals surface area contributed by atoms with Gasteiger partial charge in [-0.15, -0.1) is 0 Å². The molecule has 3 fully saturated rings. The smallest absolute Gasteiger partial charge is 0.378 e. The molecule has 0 bridgehead atoms. The van der Waals surface area contributed by atoms with E-state index in [1.54, 1.807) is 0 Å². The molecule has 1 saturated heterocycles. The fourth-order valence-corrected chi connectivity index (χ4v) is 5.42. The summed E-state index contributed by atoms with van der Waals surface area (Å²) in [6.07, 6.45) is 3.41. The quantitative estimate of drug-likeness (QED) is 0.730. The van der Waals surface area contributed by atoms with Gasteiger partial charge in [-0.1, -0.05) is 25.7 Å². The van der Waals surface area contributed by atoms with Crippen LogP contribution in [0.2, 0.25) is 0 Å². The monoisotopic (exact) mass is 450 g/mol. The van der Waals surface area contributed by atoms with Gasteiger partial charge in [0.1, 0.15) is 17.3 Å². The molecule has 2 aromatic rings. The van der Waals surface area contributed by atoms with Crippen LogP contribution in [0.25, 0.3) is 11.0 Å². The van der Waals surface area contributed by atoms with E-state index >= 15 is 0 Å². The summed E-state index contributed by atoms with van der Waals surface area (Å²) in [5.41, 5.74) is -1.36. The van der Waals surface area contributed by atoms with Gasteiger partial charge in [-0.05, 0) is 31.7 Å². The van der Waals surface area contributed by atoms with Crippen LogP contribution in [0, 0.1) is 0 Å². The van der Waals surface area contributed by atoms with Crippen LogP contribution in [0.15, 0.2) is 16.9 Å². The van der Waals surface area contributed by atoms with Crippen molar-refractivity contribution >= 4 is 22.7 Å². The van der Waals surface area contributed by atoms with Crippen molar-refractivity contribution in [2.75, 3.05) is 36.5 Å². The summed E-state index contributed by atoms with van der Waals surface area (Å²) in [6, 6.07) is 2.68. The Kier molecular flexibility index (Phi) is 5.77. The second-order valence-corrected chi connectivity index (χ2v) is 9.15. The van der Waals surface area contributed by atoms with Crippen LogP contribution in [0.4, 0.5) is 24.8 Å². The molecule has 2 aliphatic carbocycles. The molecule has 3 heterocycles. The van der Waals surface area contributed by atoms with Crippen molar-refractivity contribution in [1.29, 1.82) is 0 Å². The second kappa shape index (κ2) is 8.57. The van der Waals surface area contributed by atoms with Gasteiger partial charge in [0.05, 0.1) is 24.2 Å². The van der Waals surface area contributed by atoms with E-state index < -0.39 is 17.2 Å². The number of pyridine rings is 2. The normalized spacial score (nSPS) is 21.0. The van der Waals surface area contributed by atoms with Crippen LogP contribution in [0.5, 0.6) is 0 Å². The number of ether oxygens (including phenoxy) is 1. The Morgan fingerprint density at radius 1 is 1.00 bits per heavy atom. The van der Waals surface area contributed by atoms with Crippen LogP contribution in [-0.4, -0.2) is 41.9 Å². The number of aromatic nitrogens is 2. The van der Waals surface area contributed by atoms with Crippen molar-refractivity contribution in [2.45, 2.75) is 69.6 Å². The highest BCUT2D eigenvalue weighted by Crippen LogP contribution is 2.40. The zero-order chi connectivity index (χ0) is 22.3. The maximum absolute atomic E-state index is 14.1. The molecule has 0 atom stereocenters. The first-order chi connectivity index (χ1) is 15.4. The van der Waals surface area contributed by atoms with Crippen molar-refractivity contribution in [3.8, 4) is 0 Å². The van der Waals surface area contributed by atoms with Crippen LogP contribution >= 0.6 is 0 Å². The van der Waals surface area contributed by atoms with Gasteiger partial charge in [0.2, 0.25) is 0 Å². The van der Waals surface area contributed by atoms with E-state index in [-0.39, 0.29) is 28.9 Å². The summed E-state index contributed by atoms with van der Waals surface area (Å²) in [6.45, 7) is 1.84. The second-order valence-electron chi connectivity index (χ2n) is 9.15. The Labute approximate surface area is 184 Å². The lowest BCUT2D eigenvalue weighted by atomic mass is 10.1. The Bertz CT molecular complexity index is 1030. The largest absolute Gasteiger partial charge is 0.417 e. The van der Waals surface area contributed by atoms with Crippen molar-refractivity contribution < 1.29 is 17.9 Å². The predicted octanol–water partition coefficient (Wildman–Crippen LogP) is 4.72. The van der Waals surface area contributed by atoms with Gasteiger partial charge in [-0.2, -0.15) is 13.2 Å². The van der Waals surface area contributed by atoms with Crippen molar-refractivity contribution in [3.63, 3.8) is 0 Å². The summed E-state index contributed by atoms with van der Waals surface area (Å²) in [7, 11) is 0. The lowest BCUT2D eigenvalue weighted by Gasteiger charge is -2.30. The number of morpholine rings is 1. The molecule has 2 saturated carbocycles. The first kappa shape index (κ1) is 21.6. The minimum Gasteiger partial charge on any atom is -0.378 e. The maximum Gasteiger partial charge on any atom is 0.417 e. The molecule has 6 nitrogen and oxygen atoms in total. The third-order valence-corrected chi connectivity index (χ3v) is 7.03. The minimum absolute atomic E-state index is 0.0375. The van der Waals surface area contributed by atoms with E-state index in [1.165, 1.54) is 6.07 Å². The molecule has 174 valence electrons. The lowest BCUT2D eigenvalue weighted by Crippen LogP contribution is -2.37. The predicted molar refractivity (Wildman–Crippen MR) is 117 cm³/mol. The molecule has 2 aromatic heterocycles. The highest BCUT2D eigenvalue weighted by atomic mass is 19.4. The summed E-state index contributed by atoms with van der Waals surface area (Å²) < 4.78 is 49.7. The first-order valence-electron chi connectivity index (χ1n) is 11.7. The molecular formula is C23H29F3N4O2. The molecule has 9 heteroatoms. The van der Waals surface area contributed by atoms with Crippen LogP contribution in [0.3, 0.4) is 0 Å². The van der Waals surface area contributed by atoms with Crippen LogP contribution < -0.4 is 15.6 Å². The lowest BCUT2D eigenvalue weighted by molar-refractivity contribution is -0.136.